The summed E-state index contributed by atoms with van der Waals surface area (Å²) in [7, 11) is 0. The number of carbonyl (C=O) groups excluding carboxylic acids is 4. The van der Waals surface area contributed by atoms with Gasteiger partial charge in [-0.1, -0.05) is 104 Å². The highest BCUT2D eigenvalue weighted by Gasteiger charge is 2.47. The van der Waals surface area contributed by atoms with Gasteiger partial charge in [-0.2, -0.15) is 0 Å². The lowest BCUT2D eigenvalue weighted by Crippen LogP contribution is -2.33. The van der Waals surface area contributed by atoms with Crippen molar-refractivity contribution < 1.29 is 19.2 Å². The van der Waals surface area contributed by atoms with Crippen LogP contribution in [0.5, 0.6) is 0 Å². The SMILES string of the molecule is O=C1NC(c2ccc(Br)cc2)C2=C1C(c1ccc(Br)cc1)NC2=O.O=C1NC(c2ccc(Cl)cc2)C2=C1C(c1ccc(Cl)cc1)NC2=O. The minimum Gasteiger partial charge on any atom is -0.341 e. The van der Waals surface area contributed by atoms with Crippen LogP contribution in [0, 0.1) is 0 Å². The van der Waals surface area contributed by atoms with Crippen LogP contribution < -0.4 is 21.3 Å². The molecule has 0 aliphatic carbocycles. The van der Waals surface area contributed by atoms with Crippen LogP contribution in [0.15, 0.2) is 128 Å². The normalized spacial score (nSPS) is 22.4. The Balaban J connectivity index is 0.000000152. The largest absolute Gasteiger partial charge is 0.341 e. The molecule has 240 valence electrons. The monoisotopic (exact) mass is 804 g/mol. The maximum atomic E-state index is 12.5. The van der Waals surface area contributed by atoms with Gasteiger partial charge in [0.2, 0.25) is 0 Å². The standard InChI is InChI=1S/C18H12Br2N2O2.C18H12Cl2N2O2/c2*19-11-5-1-9(2-6-11)15-13-14(18(24)21-15)16(22-17(13)23)10-3-7-12(20)8-4-10/h2*1-8,15-16H,(H,21,24)(H,22,23). The second-order valence-electron chi connectivity index (χ2n) is 11.5. The third kappa shape index (κ3) is 5.98. The number of benzene rings is 4. The van der Waals surface area contributed by atoms with E-state index in [4.69, 9.17) is 23.2 Å². The molecule has 4 aromatic rings. The van der Waals surface area contributed by atoms with E-state index in [1.807, 2.05) is 72.8 Å². The zero-order valence-electron chi connectivity index (χ0n) is 24.7. The van der Waals surface area contributed by atoms with Gasteiger partial charge < -0.3 is 21.3 Å². The van der Waals surface area contributed by atoms with Gasteiger partial charge in [-0.05, 0) is 70.8 Å². The summed E-state index contributed by atoms with van der Waals surface area (Å²) in [6, 6.07) is 27.7. The molecule has 4 N–H and O–H groups in total. The van der Waals surface area contributed by atoms with Crippen molar-refractivity contribution in [3.05, 3.63) is 161 Å². The fourth-order valence-electron chi connectivity index (χ4n) is 6.38. The first-order valence-corrected chi connectivity index (χ1v) is 17.2. The van der Waals surface area contributed by atoms with Crippen molar-refractivity contribution in [3.8, 4) is 0 Å². The second-order valence-corrected chi connectivity index (χ2v) is 14.2. The van der Waals surface area contributed by atoms with E-state index in [9.17, 15) is 19.2 Å². The van der Waals surface area contributed by atoms with Gasteiger partial charge in [0.1, 0.15) is 0 Å². The lowest BCUT2D eigenvalue weighted by molar-refractivity contribution is -0.120. The maximum Gasteiger partial charge on any atom is 0.250 e. The summed E-state index contributed by atoms with van der Waals surface area (Å²) in [5.74, 6) is -0.847. The summed E-state index contributed by atoms with van der Waals surface area (Å²) in [5, 5.41) is 12.9. The van der Waals surface area contributed by atoms with Crippen molar-refractivity contribution in [1.29, 1.82) is 0 Å². The highest BCUT2D eigenvalue weighted by atomic mass is 79.9. The first-order valence-electron chi connectivity index (χ1n) is 14.8. The molecule has 0 aromatic heterocycles. The van der Waals surface area contributed by atoms with Crippen LogP contribution in [-0.4, -0.2) is 23.6 Å². The van der Waals surface area contributed by atoms with Crippen molar-refractivity contribution in [2.24, 2.45) is 0 Å². The highest BCUT2D eigenvalue weighted by molar-refractivity contribution is 9.10. The van der Waals surface area contributed by atoms with Gasteiger partial charge in [0, 0.05) is 19.0 Å². The zero-order valence-corrected chi connectivity index (χ0v) is 29.4. The van der Waals surface area contributed by atoms with E-state index in [1.165, 1.54) is 0 Å². The van der Waals surface area contributed by atoms with Crippen LogP contribution in [0.25, 0.3) is 0 Å². The van der Waals surface area contributed by atoms with E-state index in [-0.39, 0.29) is 23.6 Å². The van der Waals surface area contributed by atoms with E-state index < -0.39 is 24.2 Å². The molecular formula is C36H24Br2Cl2N4O4. The number of halogens is 4. The number of hydrogen-bond donors (Lipinski definition) is 4. The molecule has 4 aliphatic heterocycles. The molecule has 12 heteroatoms. The Kier molecular flexibility index (Phi) is 8.76. The average molecular weight is 807 g/mol. The van der Waals surface area contributed by atoms with Crippen LogP contribution in [-0.2, 0) is 19.2 Å². The molecular weight excluding hydrogens is 783 g/mol. The smallest absolute Gasteiger partial charge is 0.250 e. The number of amides is 4. The summed E-state index contributed by atoms with van der Waals surface area (Å²) in [5.41, 5.74) is 5.43. The van der Waals surface area contributed by atoms with Crippen LogP contribution in [0.4, 0.5) is 0 Å². The van der Waals surface area contributed by atoms with Crippen molar-refractivity contribution in [2.45, 2.75) is 24.2 Å². The van der Waals surface area contributed by atoms with Crippen LogP contribution in [0.2, 0.25) is 10.0 Å². The van der Waals surface area contributed by atoms with Crippen molar-refractivity contribution in [3.63, 3.8) is 0 Å². The lowest BCUT2D eigenvalue weighted by atomic mass is 9.95. The van der Waals surface area contributed by atoms with E-state index in [1.54, 1.807) is 24.3 Å². The highest BCUT2D eigenvalue weighted by Crippen LogP contribution is 2.42. The molecule has 8 rings (SSSR count). The van der Waals surface area contributed by atoms with Crippen LogP contribution >= 0.6 is 55.1 Å². The Morgan fingerprint density at radius 3 is 0.812 bits per heavy atom. The van der Waals surface area contributed by atoms with Crippen molar-refractivity contribution >= 4 is 78.7 Å². The third-order valence-corrected chi connectivity index (χ3v) is 10.2. The first kappa shape index (κ1) is 32.3. The van der Waals surface area contributed by atoms with E-state index >= 15 is 0 Å². The molecule has 4 atom stereocenters. The van der Waals surface area contributed by atoms with Gasteiger partial charge in [-0.3, -0.25) is 19.2 Å². The Labute approximate surface area is 302 Å². The lowest BCUT2D eigenvalue weighted by Gasteiger charge is -2.17. The van der Waals surface area contributed by atoms with Gasteiger partial charge in [0.15, 0.2) is 0 Å². The molecule has 0 radical (unpaired) electrons. The van der Waals surface area contributed by atoms with E-state index in [0.717, 1.165) is 31.2 Å². The Bertz CT molecular complexity index is 1750. The number of nitrogens with one attached hydrogen (secondary N) is 4. The molecule has 8 nitrogen and oxygen atoms in total. The third-order valence-electron chi connectivity index (χ3n) is 8.63. The molecule has 48 heavy (non-hydrogen) atoms. The van der Waals surface area contributed by atoms with Crippen LogP contribution in [0.1, 0.15) is 46.4 Å². The quantitative estimate of drug-likeness (QED) is 0.180. The summed E-state index contributed by atoms with van der Waals surface area (Å²) in [4.78, 5) is 50.0. The minimum absolute atomic E-state index is 0.191. The van der Waals surface area contributed by atoms with Gasteiger partial charge in [0.25, 0.3) is 23.6 Å². The molecule has 4 aromatic carbocycles. The van der Waals surface area contributed by atoms with Gasteiger partial charge >= 0.3 is 0 Å². The van der Waals surface area contributed by atoms with Gasteiger partial charge in [-0.15, -0.1) is 0 Å². The number of carbonyl (C=O) groups is 4. The molecule has 0 saturated carbocycles. The molecule has 0 spiro atoms. The minimum atomic E-state index is -0.456. The van der Waals surface area contributed by atoms with Crippen molar-refractivity contribution in [1.82, 2.24) is 21.3 Å². The van der Waals surface area contributed by atoms with Gasteiger partial charge in [-0.25, -0.2) is 0 Å². The second kappa shape index (κ2) is 13.0. The fraction of sp³-hybridized carbons (Fsp3) is 0.111. The molecule has 4 amide bonds. The van der Waals surface area contributed by atoms with Crippen LogP contribution in [0.3, 0.4) is 0 Å². The summed E-state index contributed by atoms with van der Waals surface area (Å²) >= 11 is 18.6. The van der Waals surface area contributed by atoms with Gasteiger partial charge in [0.05, 0.1) is 46.5 Å². The first-order chi connectivity index (χ1) is 23.1. The number of rotatable bonds is 4. The zero-order chi connectivity index (χ0) is 33.7. The fourth-order valence-corrected chi connectivity index (χ4v) is 7.16. The Morgan fingerprint density at radius 2 is 0.583 bits per heavy atom. The molecule has 4 unspecified atom stereocenters. The van der Waals surface area contributed by atoms with E-state index in [0.29, 0.717) is 32.3 Å². The molecule has 4 aliphatic rings. The van der Waals surface area contributed by atoms with E-state index in [2.05, 4.69) is 53.1 Å². The predicted molar refractivity (Wildman–Crippen MR) is 189 cm³/mol. The number of hydrogen-bond acceptors (Lipinski definition) is 4. The predicted octanol–water partition coefficient (Wildman–Crippen LogP) is 6.88. The maximum absolute atomic E-state index is 12.5. The average Bonchev–Trinajstić information content (AvgIpc) is 3.81. The molecule has 4 heterocycles. The topological polar surface area (TPSA) is 116 Å². The summed E-state index contributed by atoms with van der Waals surface area (Å²) in [6.07, 6.45) is 0. The Morgan fingerprint density at radius 1 is 0.375 bits per heavy atom. The molecule has 0 fully saturated rings. The molecule has 0 bridgehead atoms. The Hall–Kier alpha value is -4.22. The summed E-state index contributed by atoms with van der Waals surface area (Å²) in [6.45, 7) is 0. The molecule has 0 saturated heterocycles. The summed E-state index contributed by atoms with van der Waals surface area (Å²) < 4.78 is 1.90. The van der Waals surface area contributed by atoms with Crippen molar-refractivity contribution in [2.75, 3.05) is 0 Å².